The van der Waals surface area contributed by atoms with E-state index in [2.05, 4.69) is 15.7 Å². The molecule has 3 rings (SSSR count). The highest BCUT2D eigenvalue weighted by atomic mass is 15.4. The Balaban J connectivity index is 1.64. The molecule has 1 heterocycles. The number of hydrogen-bond donors (Lipinski definition) is 2. The summed E-state index contributed by atoms with van der Waals surface area (Å²) in [4.78, 5) is 0. The number of rotatable bonds is 4. The van der Waals surface area contributed by atoms with Gasteiger partial charge in [-0.1, -0.05) is 18.1 Å². The van der Waals surface area contributed by atoms with Gasteiger partial charge >= 0.3 is 0 Å². The van der Waals surface area contributed by atoms with Crippen LogP contribution in [0.1, 0.15) is 31.4 Å². The van der Waals surface area contributed by atoms with Gasteiger partial charge in [-0.25, -0.2) is 0 Å². The van der Waals surface area contributed by atoms with Gasteiger partial charge in [0.1, 0.15) is 0 Å². The third-order valence-corrected chi connectivity index (χ3v) is 4.48. The van der Waals surface area contributed by atoms with Crippen molar-refractivity contribution in [1.29, 1.82) is 0 Å². The zero-order chi connectivity index (χ0) is 11.8. The SMILES string of the molecule is Cn1cc(CC(NN)C2C3CCCCC32)nn1. The van der Waals surface area contributed by atoms with Gasteiger partial charge < -0.3 is 0 Å². The summed E-state index contributed by atoms with van der Waals surface area (Å²) in [5, 5.41) is 8.12. The molecular formula is C12H21N5. The van der Waals surface area contributed by atoms with Crippen LogP contribution in [-0.4, -0.2) is 21.0 Å². The van der Waals surface area contributed by atoms with Gasteiger partial charge in [0, 0.05) is 25.7 Å². The number of aromatic nitrogens is 3. The van der Waals surface area contributed by atoms with Crippen LogP contribution >= 0.6 is 0 Å². The normalized spacial score (nSPS) is 33.2. The molecule has 0 bridgehead atoms. The molecule has 0 aliphatic heterocycles. The van der Waals surface area contributed by atoms with Crippen LogP contribution in [0.25, 0.3) is 0 Å². The smallest absolute Gasteiger partial charge is 0.0843 e. The first kappa shape index (κ1) is 11.2. The molecule has 1 aromatic heterocycles. The highest BCUT2D eigenvalue weighted by Crippen LogP contribution is 2.57. The molecule has 0 saturated heterocycles. The van der Waals surface area contributed by atoms with Crippen molar-refractivity contribution >= 4 is 0 Å². The summed E-state index contributed by atoms with van der Waals surface area (Å²) in [5.74, 6) is 8.32. The molecule has 0 spiro atoms. The monoisotopic (exact) mass is 235 g/mol. The van der Waals surface area contributed by atoms with E-state index in [0.29, 0.717) is 6.04 Å². The van der Waals surface area contributed by atoms with Crippen molar-refractivity contribution in [3.8, 4) is 0 Å². The molecule has 2 saturated carbocycles. The van der Waals surface area contributed by atoms with Gasteiger partial charge in [-0.3, -0.25) is 16.0 Å². The summed E-state index contributed by atoms with van der Waals surface area (Å²) in [7, 11) is 1.90. The highest BCUT2D eigenvalue weighted by Gasteiger charge is 2.53. The molecule has 3 unspecified atom stereocenters. The van der Waals surface area contributed by atoms with E-state index in [-0.39, 0.29) is 0 Å². The maximum atomic E-state index is 5.72. The Morgan fingerprint density at radius 1 is 1.47 bits per heavy atom. The standard InChI is InChI=1S/C12H21N5/c1-17-7-8(15-16-17)6-11(14-13)12-9-4-2-3-5-10(9)12/h7,9-12,14H,2-6,13H2,1H3. The van der Waals surface area contributed by atoms with Crippen molar-refractivity contribution in [2.24, 2.45) is 30.6 Å². The average molecular weight is 235 g/mol. The number of hydrazine groups is 1. The molecule has 5 nitrogen and oxygen atoms in total. The number of nitrogens with two attached hydrogens (primary N) is 1. The quantitative estimate of drug-likeness (QED) is 0.593. The second-order valence-electron chi connectivity index (χ2n) is 5.55. The van der Waals surface area contributed by atoms with E-state index in [1.54, 1.807) is 4.68 Å². The van der Waals surface area contributed by atoms with Crippen LogP contribution in [0, 0.1) is 17.8 Å². The van der Waals surface area contributed by atoms with Crippen molar-refractivity contribution in [3.05, 3.63) is 11.9 Å². The van der Waals surface area contributed by atoms with Crippen LogP contribution in [-0.2, 0) is 13.5 Å². The van der Waals surface area contributed by atoms with Gasteiger partial charge in [0.2, 0.25) is 0 Å². The third-order valence-electron chi connectivity index (χ3n) is 4.48. The van der Waals surface area contributed by atoms with Gasteiger partial charge in [-0.2, -0.15) is 0 Å². The molecule has 0 aromatic carbocycles. The maximum Gasteiger partial charge on any atom is 0.0843 e. The minimum atomic E-state index is 0.375. The molecular weight excluding hydrogens is 214 g/mol. The lowest BCUT2D eigenvalue weighted by Crippen LogP contribution is -2.39. The fraction of sp³-hybridized carbons (Fsp3) is 0.833. The summed E-state index contributed by atoms with van der Waals surface area (Å²) in [6.45, 7) is 0. The largest absolute Gasteiger partial charge is 0.271 e. The Morgan fingerprint density at radius 2 is 2.18 bits per heavy atom. The molecule has 2 aliphatic rings. The zero-order valence-electron chi connectivity index (χ0n) is 10.3. The molecule has 94 valence electrons. The van der Waals surface area contributed by atoms with E-state index in [1.807, 2.05) is 13.2 Å². The summed E-state index contributed by atoms with van der Waals surface area (Å²) >= 11 is 0. The molecule has 3 atom stereocenters. The zero-order valence-corrected chi connectivity index (χ0v) is 10.3. The summed E-state index contributed by atoms with van der Waals surface area (Å²) < 4.78 is 1.75. The first-order valence-electron chi connectivity index (χ1n) is 6.61. The molecule has 0 amide bonds. The number of hydrogen-bond acceptors (Lipinski definition) is 4. The summed E-state index contributed by atoms with van der Waals surface area (Å²) in [6, 6.07) is 0.375. The van der Waals surface area contributed by atoms with Crippen molar-refractivity contribution in [2.45, 2.75) is 38.1 Å². The third kappa shape index (κ3) is 2.09. The minimum absolute atomic E-state index is 0.375. The molecule has 1 aromatic rings. The molecule has 2 fully saturated rings. The van der Waals surface area contributed by atoms with E-state index in [0.717, 1.165) is 29.9 Å². The number of aryl methyl sites for hydroxylation is 1. The topological polar surface area (TPSA) is 68.8 Å². The summed E-state index contributed by atoms with van der Waals surface area (Å²) in [5.41, 5.74) is 4.04. The van der Waals surface area contributed by atoms with Gasteiger partial charge in [-0.15, -0.1) is 5.10 Å². The minimum Gasteiger partial charge on any atom is -0.271 e. The Hall–Kier alpha value is -0.940. The lowest BCUT2D eigenvalue weighted by atomic mass is 10.0. The van der Waals surface area contributed by atoms with Crippen molar-refractivity contribution in [1.82, 2.24) is 20.4 Å². The van der Waals surface area contributed by atoms with Crippen molar-refractivity contribution < 1.29 is 0 Å². The van der Waals surface area contributed by atoms with Crippen LogP contribution in [0.3, 0.4) is 0 Å². The van der Waals surface area contributed by atoms with Gasteiger partial charge in [-0.05, 0) is 30.6 Å². The van der Waals surface area contributed by atoms with E-state index in [4.69, 9.17) is 5.84 Å². The fourth-order valence-corrected chi connectivity index (χ4v) is 3.66. The molecule has 17 heavy (non-hydrogen) atoms. The van der Waals surface area contributed by atoms with E-state index >= 15 is 0 Å². The molecule has 3 N–H and O–H groups in total. The highest BCUT2D eigenvalue weighted by molar-refractivity contribution is 5.08. The molecule has 0 radical (unpaired) electrons. The second-order valence-corrected chi connectivity index (χ2v) is 5.55. The van der Waals surface area contributed by atoms with Crippen LogP contribution in [0.5, 0.6) is 0 Å². The number of nitrogens with one attached hydrogen (secondary N) is 1. The number of nitrogens with zero attached hydrogens (tertiary/aromatic N) is 3. The fourth-order valence-electron chi connectivity index (χ4n) is 3.66. The van der Waals surface area contributed by atoms with Crippen LogP contribution in [0.4, 0.5) is 0 Å². The van der Waals surface area contributed by atoms with Crippen LogP contribution in [0.2, 0.25) is 0 Å². The Morgan fingerprint density at radius 3 is 2.71 bits per heavy atom. The van der Waals surface area contributed by atoms with Gasteiger partial charge in [0.25, 0.3) is 0 Å². The number of fused-ring (bicyclic) bond motifs is 1. The van der Waals surface area contributed by atoms with Crippen LogP contribution in [0.15, 0.2) is 6.20 Å². The Kier molecular flexibility index (Phi) is 2.88. The van der Waals surface area contributed by atoms with Crippen molar-refractivity contribution in [3.63, 3.8) is 0 Å². The lowest BCUT2D eigenvalue weighted by molar-refractivity contribution is 0.433. The molecule has 5 heteroatoms. The summed E-state index contributed by atoms with van der Waals surface area (Å²) in [6.07, 6.45) is 8.49. The predicted octanol–water partition coefficient (Wildman–Crippen LogP) is 0.626. The van der Waals surface area contributed by atoms with E-state index < -0.39 is 0 Å². The van der Waals surface area contributed by atoms with E-state index in [1.165, 1.54) is 25.7 Å². The van der Waals surface area contributed by atoms with Gasteiger partial charge in [0.15, 0.2) is 0 Å². The van der Waals surface area contributed by atoms with Crippen molar-refractivity contribution in [2.75, 3.05) is 0 Å². The van der Waals surface area contributed by atoms with Gasteiger partial charge in [0.05, 0.1) is 5.69 Å². The first-order chi connectivity index (χ1) is 8.29. The Bertz CT molecular complexity index is 376. The second kappa shape index (κ2) is 4.38. The predicted molar refractivity (Wildman–Crippen MR) is 64.8 cm³/mol. The lowest BCUT2D eigenvalue weighted by Gasteiger charge is -2.14. The van der Waals surface area contributed by atoms with Crippen LogP contribution < -0.4 is 11.3 Å². The Labute approximate surface area is 102 Å². The van der Waals surface area contributed by atoms with E-state index in [9.17, 15) is 0 Å². The first-order valence-corrected chi connectivity index (χ1v) is 6.61. The molecule has 2 aliphatic carbocycles. The average Bonchev–Trinajstić information content (AvgIpc) is 2.93. The maximum absolute atomic E-state index is 5.72.